The average Bonchev–Trinajstić information content (AvgIpc) is 1.87. The average molecular weight is 156 g/mol. The quantitative estimate of drug-likeness (QED) is 0.639. The summed E-state index contributed by atoms with van der Waals surface area (Å²) in [4.78, 5) is 0. The van der Waals surface area contributed by atoms with Crippen LogP contribution < -0.4 is 11.1 Å². The van der Waals surface area contributed by atoms with E-state index in [0.717, 1.165) is 18.4 Å². The predicted molar refractivity (Wildman–Crippen MR) is 48.4 cm³/mol. The summed E-state index contributed by atoms with van der Waals surface area (Å²) < 4.78 is 0. The van der Waals surface area contributed by atoms with Crippen LogP contribution in [0.1, 0.15) is 26.7 Å². The number of hydrogen-bond donors (Lipinski definition) is 2. The first-order valence-corrected chi connectivity index (χ1v) is 4.52. The van der Waals surface area contributed by atoms with Gasteiger partial charge in [-0.15, -0.1) is 0 Å². The Labute approximate surface area is 69.5 Å². The standard InChI is InChI=1S/C9H20N2/c1-7(2)8-4-9(5-8,6-10)11-3/h7-8,11H,4-6,10H2,1-3H3. The third kappa shape index (κ3) is 1.57. The van der Waals surface area contributed by atoms with Gasteiger partial charge in [0.15, 0.2) is 0 Å². The van der Waals surface area contributed by atoms with E-state index in [1.807, 2.05) is 7.05 Å². The summed E-state index contributed by atoms with van der Waals surface area (Å²) in [6.45, 7) is 5.37. The molecule has 0 aromatic rings. The minimum Gasteiger partial charge on any atom is -0.329 e. The van der Waals surface area contributed by atoms with Crippen LogP contribution >= 0.6 is 0 Å². The second-order valence-corrected chi connectivity index (χ2v) is 4.15. The van der Waals surface area contributed by atoms with Crippen molar-refractivity contribution >= 4 is 0 Å². The smallest absolute Gasteiger partial charge is 0.0306 e. The summed E-state index contributed by atoms with van der Waals surface area (Å²) in [7, 11) is 2.02. The lowest BCUT2D eigenvalue weighted by Crippen LogP contribution is -2.59. The molecule has 0 bridgehead atoms. The Bertz CT molecular complexity index is 120. The van der Waals surface area contributed by atoms with Gasteiger partial charge >= 0.3 is 0 Å². The van der Waals surface area contributed by atoms with Crippen LogP contribution in [0.25, 0.3) is 0 Å². The molecule has 0 amide bonds. The molecule has 11 heavy (non-hydrogen) atoms. The van der Waals surface area contributed by atoms with E-state index in [9.17, 15) is 0 Å². The minimum atomic E-state index is 0.287. The first-order chi connectivity index (χ1) is 5.13. The molecule has 1 saturated carbocycles. The fraction of sp³-hybridized carbons (Fsp3) is 1.00. The van der Waals surface area contributed by atoms with Gasteiger partial charge in [0.25, 0.3) is 0 Å². The molecule has 2 nitrogen and oxygen atoms in total. The molecular weight excluding hydrogens is 136 g/mol. The van der Waals surface area contributed by atoms with Gasteiger partial charge in [-0.2, -0.15) is 0 Å². The molecule has 1 aliphatic rings. The molecule has 0 aliphatic heterocycles. The highest BCUT2D eigenvalue weighted by Gasteiger charge is 2.42. The first kappa shape index (κ1) is 9.01. The van der Waals surface area contributed by atoms with E-state index < -0.39 is 0 Å². The Morgan fingerprint density at radius 1 is 1.55 bits per heavy atom. The molecule has 3 N–H and O–H groups in total. The normalized spacial score (nSPS) is 37.4. The molecule has 0 atom stereocenters. The van der Waals surface area contributed by atoms with Crippen molar-refractivity contribution in [3.8, 4) is 0 Å². The molecular formula is C9H20N2. The molecule has 0 aromatic carbocycles. The summed E-state index contributed by atoms with van der Waals surface area (Å²) in [6, 6.07) is 0. The highest BCUT2D eigenvalue weighted by atomic mass is 15.0. The third-order valence-corrected chi connectivity index (χ3v) is 3.17. The first-order valence-electron chi connectivity index (χ1n) is 4.52. The molecule has 0 saturated heterocycles. The molecule has 2 heteroatoms. The summed E-state index contributed by atoms with van der Waals surface area (Å²) >= 11 is 0. The number of nitrogens with two attached hydrogens (primary N) is 1. The van der Waals surface area contributed by atoms with E-state index in [1.165, 1.54) is 12.8 Å². The molecule has 1 fully saturated rings. The van der Waals surface area contributed by atoms with Crippen molar-refractivity contribution in [1.29, 1.82) is 0 Å². The molecule has 1 rings (SSSR count). The Morgan fingerprint density at radius 3 is 2.36 bits per heavy atom. The van der Waals surface area contributed by atoms with Crippen LogP contribution in [0.4, 0.5) is 0 Å². The van der Waals surface area contributed by atoms with Gasteiger partial charge in [-0.1, -0.05) is 13.8 Å². The van der Waals surface area contributed by atoms with E-state index in [0.29, 0.717) is 0 Å². The SMILES string of the molecule is CNC1(CN)CC(C(C)C)C1. The van der Waals surface area contributed by atoms with Gasteiger partial charge in [-0.25, -0.2) is 0 Å². The fourth-order valence-corrected chi connectivity index (χ4v) is 1.89. The van der Waals surface area contributed by atoms with Crippen LogP contribution in [-0.2, 0) is 0 Å². The van der Waals surface area contributed by atoms with Gasteiger partial charge in [0.1, 0.15) is 0 Å². The summed E-state index contributed by atoms with van der Waals surface area (Å²) in [5.74, 6) is 1.72. The van der Waals surface area contributed by atoms with Gasteiger partial charge in [-0.05, 0) is 31.7 Å². The van der Waals surface area contributed by atoms with Gasteiger partial charge < -0.3 is 11.1 Å². The van der Waals surface area contributed by atoms with Crippen LogP contribution in [0.5, 0.6) is 0 Å². The number of nitrogens with one attached hydrogen (secondary N) is 1. The topological polar surface area (TPSA) is 38.0 Å². The zero-order valence-electron chi connectivity index (χ0n) is 7.85. The predicted octanol–water partition coefficient (Wildman–Crippen LogP) is 0.969. The van der Waals surface area contributed by atoms with Crippen LogP contribution in [0.2, 0.25) is 0 Å². The molecule has 0 spiro atoms. The van der Waals surface area contributed by atoms with Gasteiger partial charge in [0.2, 0.25) is 0 Å². The van der Waals surface area contributed by atoms with Crippen molar-refractivity contribution in [3.05, 3.63) is 0 Å². The molecule has 0 unspecified atom stereocenters. The van der Waals surface area contributed by atoms with E-state index in [2.05, 4.69) is 19.2 Å². The third-order valence-electron chi connectivity index (χ3n) is 3.17. The number of hydrogen-bond acceptors (Lipinski definition) is 2. The van der Waals surface area contributed by atoms with Crippen molar-refractivity contribution in [2.75, 3.05) is 13.6 Å². The van der Waals surface area contributed by atoms with Crippen molar-refractivity contribution in [2.45, 2.75) is 32.2 Å². The largest absolute Gasteiger partial charge is 0.329 e. The maximum absolute atomic E-state index is 5.68. The zero-order valence-corrected chi connectivity index (χ0v) is 7.85. The summed E-state index contributed by atoms with van der Waals surface area (Å²) in [5, 5.41) is 3.32. The lowest BCUT2D eigenvalue weighted by atomic mass is 9.64. The Kier molecular flexibility index (Phi) is 2.55. The maximum atomic E-state index is 5.68. The minimum absolute atomic E-state index is 0.287. The zero-order chi connectivity index (χ0) is 8.48. The highest BCUT2D eigenvalue weighted by Crippen LogP contribution is 2.41. The van der Waals surface area contributed by atoms with Crippen molar-refractivity contribution < 1.29 is 0 Å². The second-order valence-electron chi connectivity index (χ2n) is 4.15. The van der Waals surface area contributed by atoms with Crippen LogP contribution in [0.15, 0.2) is 0 Å². The lowest BCUT2D eigenvalue weighted by Gasteiger charge is -2.49. The Morgan fingerprint density at radius 2 is 2.09 bits per heavy atom. The highest BCUT2D eigenvalue weighted by molar-refractivity contribution is 5.01. The Balaban J connectivity index is 2.35. The van der Waals surface area contributed by atoms with E-state index >= 15 is 0 Å². The fourth-order valence-electron chi connectivity index (χ4n) is 1.89. The molecule has 0 radical (unpaired) electrons. The maximum Gasteiger partial charge on any atom is 0.0306 e. The molecule has 66 valence electrons. The van der Waals surface area contributed by atoms with Gasteiger partial charge in [0, 0.05) is 12.1 Å². The van der Waals surface area contributed by atoms with E-state index in [1.54, 1.807) is 0 Å². The second kappa shape index (κ2) is 3.11. The van der Waals surface area contributed by atoms with E-state index in [4.69, 9.17) is 5.73 Å². The van der Waals surface area contributed by atoms with Crippen LogP contribution in [-0.4, -0.2) is 19.1 Å². The number of likely N-dealkylation sites (N-methyl/N-ethyl adjacent to an activating group) is 1. The molecule has 0 heterocycles. The van der Waals surface area contributed by atoms with Gasteiger partial charge in [0.05, 0.1) is 0 Å². The van der Waals surface area contributed by atoms with E-state index in [-0.39, 0.29) is 5.54 Å². The molecule has 1 aliphatic carbocycles. The molecule has 0 aromatic heterocycles. The van der Waals surface area contributed by atoms with Crippen molar-refractivity contribution in [2.24, 2.45) is 17.6 Å². The van der Waals surface area contributed by atoms with Crippen molar-refractivity contribution in [3.63, 3.8) is 0 Å². The summed E-state index contributed by atoms with van der Waals surface area (Å²) in [5.41, 5.74) is 5.97. The number of rotatable bonds is 3. The monoisotopic (exact) mass is 156 g/mol. The van der Waals surface area contributed by atoms with Gasteiger partial charge in [-0.3, -0.25) is 0 Å². The summed E-state index contributed by atoms with van der Waals surface area (Å²) in [6.07, 6.45) is 2.52. The van der Waals surface area contributed by atoms with Crippen molar-refractivity contribution in [1.82, 2.24) is 5.32 Å². The van der Waals surface area contributed by atoms with Crippen LogP contribution in [0, 0.1) is 11.8 Å². The lowest BCUT2D eigenvalue weighted by molar-refractivity contribution is 0.0842. The Hall–Kier alpha value is -0.0800. The van der Waals surface area contributed by atoms with Crippen LogP contribution in [0.3, 0.4) is 0 Å².